The number of allylic oxidation sites excluding steroid dienone is 4. The van der Waals surface area contributed by atoms with Crippen LogP contribution in [0.1, 0.15) is 25.7 Å². The molecule has 0 heteroatoms. The van der Waals surface area contributed by atoms with E-state index in [1.54, 1.807) is 0 Å². The molecule has 0 saturated heterocycles. The Morgan fingerprint density at radius 1 is 0.778 bits per heavy atom. The fourth-order valence-corrected chi connectivity index (χ4v) is 0.938. The van der Waals surface area contributed by atoms with E-state index < -0.39 is 0 Å². The van der Waals surface area contributed by atoms with E-state index in [0.717, 1.165) is 0 Å². The molecule has 0 unspecified atom stereocenters. The number of rotatable bonds is 0. The van der Waals surface area contributed by atoms with Crippen molar-refractivity contribution in [1.82, 2.24) is 0 Å². The Morgan fingerprint density at radius 2 is 1.67 bits per heavy atom. The summed E-state index contributed by atoms with van der Waals surface area (Å²) in [4.78, 5) is 0. The lowest BCUT2D eigenvalue weighted by molar-refractivity contribution is 0.749. The standard InChI is InChI=1S/C9H13/c1-2-4-6-8-9-7-5-3-1/h1-5H,6-9H2/b2-1+,5-3-. The molecule has 9 heavy (non-hydrogen) atoms. The predicted molar refractivity (Wildman–Crippen MR) is 41.0 cm³/mol. The van der Waals surface area contributed by atoms with Gasteiger partial charge in [0.15, 0.2) is 0 Å². The van der Waals surface area contributed by atoms with Crippen LogP contribution in [-0.2, 0) is 0 Å². The first kappa shape index (κ1) is 6.60. The van der Waals surface area contributed by atoms with Gasteiger partial charge in [-0.15, -0.1) is 0 Å². The molecule has 0 fully saturated rings. The summed E-state index contributed by atoms with van der Waals surface area (Å²) in [7, 11) is 0. The van der Waals surface area contributed by atoms with Crippen molar-refractivity contribution in [3.8, 4) is 0 Å². The molecule has 0 heterocycles. The molecule has 1 aliphatic rings. The summed E-state index contributed by atoms with van der Waals surface area (Å²) < 4.78 is 0. The lowest BCUT2D eigenvalue weighted by Gasteiger charge is -1.91. The van der Waals surface area contributed by atoms with Gasteiger partial charge in [-0.2, -0.15) is 0 Å². The van der Waals surface area contributed by atoms with Crippen molar-refractivity contribution >= 4 is 0 Å². The smallest absolute Gasteiger partial charge is 0.0167 e. The van der Waals surface area contributed by atoms with Crippen LogP contribution in [0.3, 0.4) is 0 Å². The van der Waals surface area contributed by atoms with E-state index in [1.807, 2.05) is 0 Å². The van der Waals surface area contributed by atoms with Crippen LogP contribution in [0.5, 0.6) is 0 Å². The molecular weight excluding hydrogens is 108 g/mol. The van der Waals surface area contributed by atoms with Gasteiger partial charge in [0.05, 0.1) is 0 Å². The van der Waals surface area contributed by atoms with Gasteiger partial charge in [-0.05, 0) is 25.7 Å². The maximum Gasteiger partial charge on any atom is -0.0167 e. The van der Waals surface area contributed by atoms with Crippen molar-refractivity contribution in [2.45, 2.75) is 25.7 Å². The summed E-state index contributed by atoms with van der Waals surface area (Å²) in [6.07, 6.45) is 16.0. The van der Waals surface area contributed by atoms with Gasteiger partial charge in [-0.25, -0.2) is 0 Å². The minimum absolute atomic E-state index is 1.25. The van der Waals surface area contributed by atoms with Crippen LogP contribution >= 0.6 is 0 Å². The van der Waals surface area contributed by atoms with Crippen LogP contribution in [0.25, 0.3) is 0 Å². The van der Waals surface area contributed by atoms with Gasteiger partial charge in [0.2, 0.25) is 0 Å². The molecule has 0 spiro atoms. The van der Waals surface area contributed by atoms with Crippen LogP contribution < -0.4 is 0 Å². The molecule has 49 valence electrons. The topological polar surface area (TPSA) is 0 Å². The molecule has 0 nitrogen and oxygen atoms in total. The molecule has 0 bridgehead atoms. The zero-order chi connectivity index (χ0) is 6.36. The third-order valence-electron chi connectivity index (χ3n) is 1.49. The van der Waals surface area contributed by atoms with Crippen molar-refractivity contribution < 1.29 is 0 Å². The van der Waals surface area contributed by atoms with Crippen LogP contribution in [0.2, 0.25) is 0 Å². The fourth-order valence-electron chi connectivity index (χ4n) is 0.938. The molecule has 0 aliphatic heterocycles. The Bertz CT molecular complexity index is 95.2. The van der Waals surface area contributed by atoms with Gasteiger partial charge in [-0.3, -0.25) is 0 Å². The Morgan fingerprint density at radius 3 is 2.67 bits per heavy atom. The predicted octanol–water partition coefficient (Wildman–Crippen LogP) is 2.88. The summed E-state index contributed by atoms with van der Waals surface area (Å²) in [5.74, 6) is 0. The van der Waals surface area contributed by atoms with E-state index in [0.29, 0.717) is 0 Å². The highest BCUT2D eigenvalue weighted by atomic mass is 13.9. The van der Waals surface area contributed by atoms with Crippen molar-refractivity contribution in [3.63, 3.8) is 0 Å². The Hall–Kier alpha value is -0.520. The van der Waals surface area contributed by atoms with E-state index in [1.165, 1.54) is 25.7 Å². The largest absolute Gasteiger partial charge is 0.0845 e. The maximum absolute atomic E-state index is 2.23. The first-order valence-electron chi connectivity index (χ1n) is 3.65. The van der Waals surface area contributed by atoms with Crippen LogP contribution in [0, 0.1) is 6.42 Å². The van der Waals surface area contributed by atoms with Gasteiger partial charge < -0.3 is 0 Å². The average molecular weight is 121 g/mol. The molecule has 0 N–H and O–H groups in total. The van der Waals surface area contributed by atoms with Gasteiger partial charge >= 0.3 is 0 Å². The van der Waals surface area contributed by atoms with E-state index in [9.17, 15) is 0 Å². The van der Waals surface area contributed by atoms with E-state index in [4.69, 9.17) is 0 Å². The summed E-state index contributed by atoms with van der Waals surface area (Å²) in [6.45, 7) is 0. The molecule has 0 aromatic carbocycles. The third kappa shape index (κ3) is 3.12. The van der Waals surface area contributed by atoms with Gasteiger partial charge in [-0.1, -0.05) is 30.7 Å². The maximum atomic E-state index is 2.23. The first-order chi connectivity index (χ1) is 4.50. The molecule has 0 saturated carbocycles. The second-order valence-corrected chi connectivity index (χ2v) is 2.33. The molecule has 1 aliphatic carbocycles. The Labute approximate surface area is 57.3 Å². The molecule has 1 radical (unpaired) electrons. The summed E-state index contributed by atoms with van der Waals surface area (Å²) in [5, 5.41) is 0. The minimum Gasteiger partial charge on any atom is -0.0845 e. The zero-order valence-corrected chi connectivity index (χ0v) is 5.72. The second kappa shape index (κ2) is 4.37. The fraction of sp³-hybridized carbons (Fsp3) is 0.444. The molecule has 0 aromatic heterocycles. The van der Waals surface area contributed by atoms with Gasteiger partial charge in [0.1, 0.15) is 0 Å². The van der Waals surface area contributed by atoms with Crippen molar-refractivity contribution in [3.05, 3.63) is 30.7 Å². The van der Waals surface area contributed by atoms with Crippen molar-refractivity contribution in [2.24, 2.45) is 0 Å². The summed E-state index contributed by atoms with van der Waals surface area (Å²) in [6, 6.07) is 0. The molecule has 0 aromatic rings. The van der Waals surface area contributed by atoms with Gasteiger partial charge in [0, 0.05) is 0 Å². The zero-order valence-electron chi connectivity index (χ0n) is 5.72. The second-order valence-electron chi connectivity index (χ2n) is 2.33. The molecule has 0 atom stereocenters. The highest BCUT2D eigenvalue weighted by Crippen LogP contribution is 2.05. The highest BCUT2D eigenvalue weighted by molar-refractivity contribution is 5.08. The Kier molecular flexibility index (Phi) is 3.20. The van der Waals surface area contributed by atoms with Crippen molar-refractivity contribution in [2.75, 3.05) is 0 Å². The van der Waals surface area contributed by atoms with Crippen LogP contribution in [0.4, 0.5) is 0 Å². The number of hydrogen-bond acceptors (Lipinski definition) is 0. The normalized spacial score (nSPS) is 27.6. The van der Waals surface area contributed by atoms with E-state index in [2.05, 4.69) is 30.7 Å². The lowest BCUT2D eigenvalue weighted by atomic mass is 10.1. The lowest BCUT2D eigenvalue weighted by Crippen LogP contribution is -1.72. The minimum atomic E-state index is 1.25. The monoisotopic (exact) mass is 121 g/mol. The quantitative estimate of drug-likeness (QED) is 0.462. The first-order valence-corrected chi connectivity index (χ1v) is 3.65. The van der Waals surface area contributed by atoms with Crippen LogP contribution in [0.15, 0.2) is 24.3 Å². The SMILES string of the molecule is [CH]1/C=C/C=C\CCCC1. The molecular formula is C9H13. The summed E-state index contributed by atoms with van der Waals surface area (Å²) in [5.41, 5.74) is 0. The summed E-state index contributed by atoms with van der Waals surface area (Å²) >= 11 is 0. The molecule has 0 amide bonds. The number of hydrogen-bond donors (Lipinski definition) is 0. The third-order valence-corrected chi connectivity index (χ3v) is 1.49. The highest BCUT2D eigenvalue weighted by Gasteiger charge is 1.86. The van der Waals surface area contributed by atoms with Crippen LogP contribution in [-0.4, -0.2) is 0 Å². The van der Waals surface area contributed by atoms with Gasteiger partial charge in [0.25, 0.3) is 0 Å². The van der Waals surface area contributed by atoms with Crippen molar-refractivity contribution in [1.29, 1.82) is 0 Å². The van der Waals surface area contributed by atoms with E-state index >= 15 is 0 Å². The van der Waals surface area contributed by atoms with E-state index in [-0.39, 0.29) is 0 Å². The molecule has 1 rings (SSSR count). The average Bonchev–Trinajstić information content (AvgIpc) is 2.00. The Balaban J connectivity index is 2.28.